The zero-order valence-electron chi connectivity index (χ0n) is 6.61. The molecule has 0 atom stereocenters. The maximum absolute atomic E-state index is 13.4. The number of carbonyl (C=O) groups is 1. The van der Waals surface area contributed by atoms with Gasteiger partial charge >= 0.3 is 0 Å². The van der Waals surface area contributed by atoms with Crippen LogP contribution in [-0.4, -0.2) is 12.5 Å². The third-order valence-electron chi connectivity index (χ3n) is 1.49. The minimum Gasteiger partial charge on any atom is -0.298 e. The quantitative estimate of drug-likeness (QED) is 0.467. The summed E-state index contributed by atoms with van der Waals surface area (Å²) >= 11 is 10.1. The van der Waals surface area contributed by atoms with Gasteiger partial charge in [-0.15, -0.1) is 11.8 Å². The van der Waals surface area contributed by atoms with Gasteiger partial charge in [0.25, 0.3) is 0 Å². The van der Waals surface area contributed by atoms with Crippen molar-refractivity contribution in [2.24, 2.45) is 0 Å². The molecule has 0 aliphatic carbocycles. The first-order valence-corrected chi connectivity index (χ1v) is 5.68. The first kappa shape index (κ1) is 11.0. The molecule has 1 rings (SSSR count). The van der Waals surface area contributed by atoms with Crippen LogP contribution in [0.5, 0.6) is 0 Å². The van der Waals surface area contributed by atoms with Gasteiger partial charge < -0.3 is 0 Å². The summed E-state index contributed by atoms with van der Waals surface area (Å²) in [5.41, 5.74) is -0.0969. The Balaban J connectivity index is 3.47. The number of aldehydes is 1. The molecular formula is C8H5BrClFOS. The summed E-state index contributed by atoms with van der Waals surface area (Å²) in [4.78, 5) is 10.9. The number of thioether (sulfide) groups is 1. The van der Waals surface area contributed by atoms with E-state index in [1.165, 1.54) is 11.8 Å². The highest BCUT2D eigenvalue weighted by Crippen LogP contribution is 2.33. The van der Waals surface area contributed by atoms with E-state index in [-0.39, 0.29) is 10.6 Å². The van der Waals surface area contributed by atoms with Crippen LogP contribution in [0.25, 0.3) is 0 Å². The molecule has 0 aliphatic heterocycles. The summed E-state index contributed by atoms with van der Waals surface area (Å²) < 4.78 is 13.9. The van der Waals surface area contributed by atoms with E-state index in [9.17, 15) is 9.18 Å². The van der Waals surface area contributed by atoms with Crippen LogP contribution in [0, 0.1) is 5.82 Å². The highest BCUT2D eigenvalue weighted by molar-refractivity contribution is 9.10. The lowest BCUT2D eigenvalue weighted by atomic mass is 10.2. The molecule has 0 aromatic heterocycles. The molecule has 0 spiro atoms. The Morgan fingerprint density at radius 3 is 2.77 bits per heavy atom. The van der Waals surface area contributed by atoms with Gasteiger partial charge in [0.2, 0.25) is 0 Å². The van der Waals surface area contributed by atoms with Crippen LogP contribution in [0.4, 0.5) is 4.39 Å². The molecule has 0 amide bonds. The van der Waals surface area contributed by atoms with Crippen LogP contribution >= 0.6 is 39.3 Å². The van der Waals surface area contributed by atoms with Crippen molar-refractivity contribution in [2.75, 3.05) is 6.26 Å². The van der Waals surface area contributed by atoms with E-state index < -0.39 is 5.82 Å². The second-order valence-electron chi connectivity index (χ2n) is 2.22. The molecule has 0 heterocycles. The van der Waals surface area contributed by atoms with E-state index in [1.807, 2.05) is 0 Å². The minimum atomic E-state index is -0.560. The summed E-state index contributed by atoms with van der Waals surface area (Å²) in [5.74, 6) is -0.560. The summed E-state index contributed by atoms with van der Waals surface area (Å²) in [6.45, 7) is 0. The van der Waals surface area contributed by atoms with Gasteiger partial charge in [-0.2, -0.15) is 0 Å². The molecular weight excluding hydrogens is 279 g/mol. The van der Waals surface area contributed by atoms with Gasteiger partial charge in [-0.1, -0.05) is 11.6 Å². The Hall–Kier alpha value is -0.0600. The Morgan fingerprint density at radius 1 is 1.69 bits per heavy atom. The fraction of sp³-hybridized carbons (Fsp3) is 0.125. The standard InChI is InChI=1S/C8H5BrClFOS/c1-13-6-2-5(9)7(10)4(3-12)8(6)11/h2-3H,1H3. The van der Waals surface area contributed by atoms with Crippen molar-refractivity contribution >= 4 is 45.6 Å². The third kappa shape index (κ3) is 2.06. The molecule has 1 nitrogen and oxygen atoms in total. The molecule has 0 aliphatic rings. The van der Waals surface area contributed by atoms with Crippen LogP contribution in [0.3, 0.4) is 0 Å². The lowest BCUT2D eigenvalue weighted by molar-refractivity contribution is 0.111. The summed E-state index contributed by atoms with van der Waals surface area (Å²) in [6, 6.07) is 1.55. The largest absolute Gasteiger partial charge is 0.298 e. The Bertz CT molecular complexity index is 356. The Morgan fingerprint density at radius 2 is 2.31 bits per heavy atom. The maximum atomic E-state index is 13.4. The van der Waals surface area contributed by atoms with Crippen LogP contribution in [0.15, 0.2) is 15.4 Å². The lowest BCUT2D eigenvalue weighted by Crippen LogP contribution is -1.93. The smallest absolute Gasteiger partial charge is 0.154 e. The van der Waals surface area contributed by atoms with E-state index in [0.29, 0.717) is 15.7 Å². The van der Waals surface area contributed by atoms with E-state index in [1.54, 1.807) is 12.3 Å². The molecule has 5 heteroatoms. The van der Waals surface area contributed by atoms with Crippen molar-refractivity contribution in [1.29, 1.82) is 0 Å². The molecule has 1 aromatic carbocycles. The monoisotopic (exact) mass is 282 g/mol. The molecule has 0 unspecified atom stereocenters. The molecule has 1 aromatic rings. The van der Waals surface area contributed by atoms with Crippen molar-refractivity contribution < 1.29 is 9.18 Å². The number of rotatable bonds is 2. The summed E-state index contributed by atoms with van der Waals surface area (Å²) in [7, 11) is 0. The SMILES string of the molecule is CSc1cc(Br)c(Cl)c(C=O)c1F. The Labute approximate surface area is 92.8 Å². The molecule has 0 N–H and O–H groups in total. The molecule has 0 saturated heterocycles. The zero-order chi connectivity index (χ0) is 10.0. The second-order valence-corrected chi connectivity index (χ2v) is 4.30. The topological polar surface area (TPSA) is 17.1 Å². The van der Waals surface area contributed by atoms with Gasteiger partial charge in [0.15, 0.2) is 6.29 Å². The molecule has 0 saturated carbocycles. The van der Waals surface area contributed by atoms with Crippen LogP contribution in [-0.2, 0) is 0 Å². The van der Waals surface area contributed by atoms with Crippen molar-refractivity contribution in [2.45, 2.75) is 4.90 Å². The van der Waals surface area contributed by atoms with Gasteiger partial charge in [-0.25, -0.2) is 4.39 Å². The zero-order valence-corrected chi connectivity index (χ0v) is 9.76. The minimum absolute atomic E-state index is 0.0969. The lowest BCUT2D eigenvalue weighted by Gasteiger charge is -2.05. The van der Waals surface area contributed by atoms with Crippen molar-refractivity contribution in [3.05, 3.63) is 26.9 Å². The van der Waals surface area contributed by atoms with E-state index in [0.717, 1.165) is 0 Å². The van der Waals surface area contributed by atoms with Crippen molar-refractivity contribution in [3.8, 4) is 0 Å². The van der Waals surface area contributed by atoms with E-state index in [2.05, 4.69) is 15.9 Å². The van der Waals surface area contributed by atoms with Gasteiger partial charge in [0.1, 0.15) is 5.82 Å². The van der Waals surface area contributed by atoms with Crippen molar-refractivity contribution in [3.63, 3.8) is 0 Å². The number of halogens is 3. The van der Waals surface area contributed by atoms with Gasteiger partial charge in [0, 0.05) is 9.37 Å². The molecule has 70 valence electrons. The number of benzene rings is 1. The third-order valence-corrected chi connectivity index (χ3v) is 3.49. The number of hydrogen-bond acceptors (Lipinski definition) is 2. The van der Waals surface area contributed by atoms with Crippen LogP contribution < -0.4 is 0 Å². The highest BCUT2D eigenvalue weighted by atomic mass is 79.9. The molecule has 0 bridgehead atoms. The number of carbonyl (C=O) groups excluding carboxylic acids is 1. The average Bonchev–Trinajstić information content (AvgIpc) is 2.12. The predicted octanol–water partition coefficient (Wildman–Crippen LogP) is 3.78. The molecule has 0 radical (unpaired) electrons. The van der Waals surface area contributed by atoms with Crippen LogP contribution in [0.1, 0.15) is 10.4 Å². The first-order chi connectivity index (χ1) is 6.11. The fourth-order valence-corrected chi connectivity index (χ4v) is 2.15. The van der Waals surface area contributed by atoms with Gasteiger partial charge in [-0.3, -0.25) is 4.79 Å². The first-order valence-electron chi connectivity index (χ1n) is 3.28. The Kier molecular flexibility index (Phi) is 3.76. The van der Waals surface area contributed by atoms with Gasteiger partial charge in [-0.05, 0) is 28.3 Å². The summed E-state index contributed by atoms with van der Waals surface area (Å²) in [5, 5.41) is 0.116. The highest BCUT2D eigenvalue weighted by Gasteiger charge is 2.14. The van der Waals surface area contributed by atoms with Gasteiger partial charge in [0.05, 0.1) is 10.6 Å². The maximum Gasteiger partial charge on any atom is 0.154 e. The van der Waals surface area contributed by atoms with E-state index in [4.69, 9.17) is 11.6 Å². The van der Waals surface area contributed by atoms with E-state index >= 15 is 0 Å². The molecule has 0 fully saturated rings. The average molecular weight is 284 g/mol. The van der Waals surface area contributed by atoms with Crippen LogP contribution in [0.2, 0.25) is 5.02 Å². The van der Waals surface area contributed by atoms with Crippen molar-refractivity contribution in [1.82, 2.24) is 0 Å². The summed E-state index contributed by atoms with van der Waals surface area (Å²) in [6.07, 6.45) is 2.15. The predicted molar refractivity (Wildman–Crippen MR) is 56.3 cm³/mol. The fourth-order valence-electron chi connectivity index (χ4n) is 0.852. The number of hydrogen-bond donors (Lipinski definition) is 0. The molecule has 13 heavy (non-hydrogen) atoms. The second kappa shape index (κ2) is 4.44. The normalized spacial score (nSPS) is 10.2.